The standard InChI is InChI=1S/C28H19OS/c1-20-10-12-21(13-11-20)14-15-22-16-18-23(19-17-22)30-26-8-4-2-6-24(26)28(29)25-7-3-5-9-27(25)30/h2-13,16-19H,1H3/q+1. The number of fused-ring (bicyclic) bond motifs is 2. The van der Waals surface area contributed by atoms with Gasteiger partial charge in [-0.2, -0.15) is 0 Å². The molecule has 2 heteroatoms. The van der Waals surface area contributed by atoms with Gasteiger partial charge in [0, 0.05) is 21.6 Å². The molecule has 0 spiro atoms. The molecule has 0 amide bonds. The van der Waals surface area contributed by atoms with E-state index in [2.05, 4.69) is 67.3 Å². The van der Waals surface area contributed by atoms with Crippen LogP contribution in [0.1, 0.15) is 16.7 Å². The first-order valence-corrected chi connectivity index (χ1v) is 11.1. The van der Waals surface area contributed by atoms with Gasteiger partial charge in [0.15, 0.2) is 14.3 Å². The number of hydrogen-bond donors (Lipinski definition) is 0. The first-order valence-electron chi connectivity index (χ1n) is 9.86. The Labute approximate surface area is 178 Å². The molecule has 142 valence electrons. The van der Waals surface area contributed by atoms with Crippen LogP contribution >= 0.6 is 10.5 Å². The summed E-state index contributed by atoms with van der Waals surface area (Å²) in [6, 6.07) is 32.6. The van der Waals surface area contributed by atoms with E-state index in [0.717, 1.165) is 31.3 Å². The van der Waals surface area contributed by atoms with Crippen molar-refractivity contribution in [3.05, 3.63) is 124 Å². The van der Waals surface area contributed by atoms with E-state index in [1.54, 1.807) is 0 Å². The van der Waals surface area contributed by atoms with Crippen LogP contribution in [0.3, 0.4) is 0 Å². The van der Waals surface area contributed by atoms with Crippen molar-refractivity contribution in [3.8, 4) is 16.7 Å². The first-order chi connectivity index (χ1) is 14.7. The molecule has 0 saturated carbocycles. The number of hydrogen-bond acceptors (Lipinski definition) is 1. The molecular weight excluding hydrogens is 384 g/mol. The van der Waals surface area contributed by atoms with E-state index in [9.17, 15) is 4.79 Å². The van der Waals surface area contributed by atoms with Gasteiger partial charge in [-0.3, -0.25) is 4.79 Å². The highest BCUT2D eigenvalue weighted by atomic mass is 32.2. The fourth-order valence-corrected chi connectivity index (χ4v) is 5.98. The van der Waals surface area contributed by atoms with Gasteiger partial charge in [-0.15, -0.1) is 0 Å². The highest BCUT2D eigenvalue weighted by Crippen LogP contribution is 2.42. The normalized spacial score (nSPS) is 10.7. The van der Waals surface area contributed by atoms with Crippen LogP contribution in [0.25, 0.3) is 25.1 Å². The maximum Gasteiger partial charge on any atom is 0.203 e. The van der Waals surface area contributed by atoms with Gasteiger partial charge in [-0.05, 0) is 67.6 Å². The maximum absolute atomic E-state index is 13.0. The lowest BCUT2D eigenvalue weighted by atomic mass is 10.1. The van der Waals surface area contributed by atoms with E-state index in [1.807, 2.05) is 48.5 Å². The third-order valence-corrected chi connectivity index (χ3v) is 7.53. The quantitative estimate of drug-likeness (QED) is 0.171. The van der Waals surface area contributed by atoms with Gasteiger partial charge in [0.05, 0.1) is 10.8 Å². The molecule has 0 aliphatic carbocycles. The molecule has 0 radical (unpaired) electrons. The third kappa shape index (κ3) is 3.30. The smallest absolute Gasteiger partial charge is 0.203 e. The molecule has 1 heterocycles. The van der Waals surface area contributed by atoms with E-state index >= 15 is 0 Å². The summed E-state index contributed by atoms with van der Waals surface area (Å²) in [5, 5.41) is 1.62. The number of rotatable bonds is 1. The second-order valence-corrected chi connectivity index (χ2v) is 9.23. The SMILES string of the molecule is Cc1ccc(C#Cc2ccc(-[s+]3c4ccccc4c(=O)c4ccccc43)cc2)cc1. The Morgan fingerprint density at radius 3 is 1.60 bits per heavy atom. The van der Waals surface area contributed by atoms with Crippen molar-refractivity contribution in [1.29, 1.82) is 0 Å². The lowest BCUT2D eigenvalue weighted by Crippen LogP contribution is -2.01. The number of aryl methyl sites for hydroxylation is 1. The monoisotopic (exact) mass is 403 g/mol. The molecular formula is C28H19OS+. The van der Waals surface area contributed by atoms with E-state index in [1.165, 1.54) is 10.5 Å². The van der Waals surface area contributed by atoms with Crippen LogP contribution in [-0.4, -0.2) is 0 Å². The Bertz CT molecular complexity index is 1440. The average Bonchev–Trinajstić information content (AvgIpc) is 2.80. The summed E-state index contributed by atoms with van der Waals surface area (Å²) in [7, 11) is -0.298. The van der Waals surface area contributed by atoms with Crippen LogP contribution < -0.4 is 5.43 Å². The second kappa shape index (κ2) is 7.63. The molecule has 0 aliphatic heterocycles. The lowest BCUT2D eigenvalue weighted by molar-refractivity contribution is 1.46. The van der Waals surface area contributed by atoms with E-state index in [0.29, 0.717) is 0 Å². The van der Waals surface area contributed by atoms with Gasteiger partial charge in [0.25, 0.3) is 0 Å². The Balaban J connectivity index is 1.63. The zero-order valence-corrected chi connectivity index (χ0v) is 17.4. The van der Waals surface area contributed by atoms with E-state index in [-0.39, 0.29) is 15.9 Å². The number of benzene rings is 4. The van der Waals surface area contributed by atoms with Gasteiger partial charge in [0.2, 0.25) is 5.43 Å². The Morgan fingerprint density at radius 1 is 0.600 bits per heavy atom. The molecule has 0 unspecified atom stereocenters. The van der Waals surface area contributed by atoms with Crippen LogP contribution in [0.2, 0.25) is 0 Å². The summed E-state index contributed by atoms with van der Waals surface area (Å²) < 4.78 is 2.19. The van der Waals surface area contributed by atoms with Crippen LogP contribution in [0.4, 0.5) is 0 Å². The Morgan fingerprint density at radius 2 is 1.07 bits per heavy atom. The highest BCUT2D eigenvalue weighted by molar-refractivity contribution is 7.49. The Hall–Kier alpha value is -3.67. The van der Waals surface area contributed by atoms with Crippen molar-refractivity contribution in [1.82, 2.24) is 0 Å². The van der Waals surface area contributed by atoms with Crippen LogP contribution in [0.15, 0.2) is 102 Å². The molecule has 4 aromatic carbocycles. The summed E-state index contributed by atoms with van der Waals surface area (Å²) in [5.74, 6) is 6.49. The summed E-state index contributed by atoms with van der Waals surface area (Å²) in [6.07, 6.45) is 0. The molecule has 0 saturated heterocycles. The maximum atomic E-state index is 13.0. The summed E-state index contributed by atoms with van der Waals surface area (Å²) in [4.78, 5) is 14.2. The molecule has 5 rings (SSSR count). The van der Waals surface area contributed by atoms with Gasteiger partial charge in [-0.1, -0.05) is 53.8 Å². The van der Waals surface area contributed by atoms with Crippen molar-refractivity contribution in [2.75, 3.05) is 0 Å². The lowest BCUT2D eigenvalue weighted by Gasteiger charge is -2.03. The minimum atomic E-state index is -0.298. The fourth-order valence-electron chi connectivity index (χ4n) is 3.64. The van der Waals surface area contributed by atoms with Gasteiger partial charge >= 0.3 is 0 Å². The van der Waals surface area contributed by atoms with Gasteiger partial charge < -0.3 is 0 Å². The minimum Gasteiger partial charge on any atom is -0.288 e. The topological polar surface area (TPSA) is 17.1 Å². The zero-order valence-electron chi connectivity index (χ0n) is 16.6. The summed E-state index contributed by atoms with van der Waals surface area (Å²) in [6.45, 7) is 2.08. The predicted octanol–water partition coefficient (Wildman–Crippen LogP) is 6.80. The molecule has 0 fully saturated rings. The molecule has 0 bridgehead atoms. The van der Waals surface area contributed by atoms with E-state index < -0.39 is 0 Å². The molecule has 1 nitrogen and oxygen atoms in total. The molecule has 0 atom stereocenters. The summed E-state index contributed by atoms with van der Waals surface area (Å²) >= 11 is 0. The third-order valence-electron chi connectivity index (χ3n) is 5.20. The molecule has 0 N–H and O–H groups in total. The Kier molecular flexibility index (Phi) is 4.67. The highest BCUT2D eigenvalue weighted by Gasteiger charge is 2.22. The summed E-state index contributed by atoms with van der Waals surface area (Å²) in [5.41, 5.74) is 3.35. The molecule has 30 heavy (non-hydrogen) atoms. The van der Waals surface area contributed by atoms with Gasteiger partial charge in [-0.25, -0.2) is 0 Å². The van der Waals surface area contributed by atoms with Crippen LogP contribution in [0, 0.1) is 18.8 Å². The molecule has 5 aromatic rings. The molecule has 1 aromatic heterocycles. The predicted molar refractivity (Wildman–Crippen MR) is 129 cm³/mol. The zero-order chi connectivity index (χ0) is 20.5. The van der Waals surface area contributed by atoms with Crippen molar-refractivity contribution >= 4 is 30.6 Å². The fraction of sp³-hybridized carbons (Fsp3) is 0.0357. The largest absolute Gasteiger partial charge is 0.288 e. The van der Waals surface area contributed by atoms with Crippen molar-refractivity contribution < 1.29 is 0 Å². The average molecular weight is 404 g/mol. The van der Waals surface area contributed by atoms with Crippen LogP contribution in [0.5, 0.6) is 0 Å². The van der Waals surface area contributed by atoms with Crippen molar-refractivity contribution in [2.24, 2.45) is 0 Å². The first kappa shape index (κ1) is 18.4. The van der Waals surface area contributed by atoms with Crippen molar-refractivity contribution in [2.45, 2.75) is 6.92 Å². The van der Waals surface area contributed by atoms with E-state index in [4.69, 9.17) is 0 Å². The van der Waals surface area contributed by atoms with Crippen molar-refractivity contribution in [3.63, 3.8) is 0 Å². The van der Waals surface area contributed by atoms with Gasteiger partial charge in [0.1, 0.15) is 0 Å². The molecule has 0 aliphatic rings. The minimum absolute atomic E-state index is 0.116. The van der Waals surface area contributed by atoms with Crippen LogP contribution in [-0.2, 0) is 0 Å². The second-order valence-electron chi connectivity index (χ2n) is 7.27.